The maximum absolute atomic E-state index is 12.7. The second-order valence-electron chi connectivity index (χ2n) is 6.49. The van der Waals surface area contributed by atoms with Gasteiger partial charge in [-0.3, -0.25) is 9.10 Å². The number of hydrogen-bond acceptors (Lipinski definition) is 4. The van der Waals surface area contributed by atoms with Crippen molar-refractivity contribution in [1.82, 2.24) is 5.32 Å². The predicted octanol–water partition coefficient (Wildman–Crippen LogP) is 2.48. The van der Waals surface area contributed by atoms with Crippen LogP contribution in [-0.2, 0) is 10.0 Å². The van der Waals surface area contributed by atoms with Crippen molar-refractivity contribution in [3.8, 4) is 5.75 Å². The molecule has 2 aromatic rings. The molecule has 2 aliphatic heterocycles. The van der Waals surface area contributed by atoms with Gasteiger partial charge in [-0.15, -0.1) is 0 Å². The lowest BCUT2D eigenvalue weighted by Gasteiger charge is -2.26. The summed E-state index contributed by atoms with van der Waals surface area (Å²) in [6, 6.07) is 14.3. The van der Waals surface area contributed by atoms with Crippen LogP contribution < -0.4 is 14.4 Å². The number of rotatable bonds is 3. The van der Waals surface area contributed by atoms with Crippen LogP contribution in [0.3, 0.4) is 0 Å². The summed E-state index contributed by atoms with van der Waals surface area (Å²) in [5.41, 5.74) is 1.96. The first-order valence-corrected chi connectivity index (χ1v) is 10.3. The maximum atomic E-state index is 12.7. The van der Waals surface area contributed by atoms with Crippen molar-refractivity contribution < 1.29 is 17.9 Å². The molecular weight excluding hydrogens is 352 g/mol. The van der Waals surface area contributed by atoms with Crippen molar-refractivity contribution in [2.24, 2.45) is 0 Å². The Hall–Kier alpha value is -2.54. The molecule has 1 atom stereocenters. The second-order valence-corrected chi connectivity index (χ2v) is 8.51. The third-order valence-corrected chi connectivity index (χ3v) is 6.63. The van der Waals surface area contributed by atoms with Gasteiger partial charge in [-0.25, -0.2) is 8.42 Å². The Bertz CT molecular complexity index is 942. The number of ether oxygens (including phenoxy) is 1. The zero-order valence-electron chi connectivity index (χ0n) is 14.2. The lowest BCUT2D eigenvalue weighted by molar-refractivity contribution is 0.0925. The van der Waals surface area contributed by atoms with E-state index in [-0.39, 0.29) is 17.7 Å². The molecule has 4 rings (SSSR count). The largest absolute Gasteiger partial charge is 0.493 e. The van der Waals surface area contributed by atoms with Crippen LogP contribution in [0.15, 0.2) is 48.5 Å². The zero-order valence-corrected chi connectivity index (χ0v) is 15.0. The molecule has 2 aliphatic rings. The third kappa shape index (κ3) is 3.14. The van der Waals surface area contributed by atoms with Gasteiger partial charge in [-0.05, 0) is 30.7 Å². The van der Waals surface area contributed by atoms with Crippen molar-refractivity contribution in [3.63, 3.8) is 0 Å². The Morgan fingerprint density at radius 2 is 2.00 bits per heavy atom. The highest BCUT2D eigenvalue weighted by Crippen LogP contribution is 2.32. The molecule has 0 aromatic heterocycles. The number of nitrogens with zero attached hydrogens (tertiary/aromatic N) is 1. The summed E-state index contributed by atoms with van der Waals surface area (Å²) in [5, 5.41) is 3.04. The van der Waals surface area contributed by atoms with Crippen LogP contribution in [0.25, 0.3) is 0 Å². The molecule has 0 saturated carbocycles. The van der Waals surface area contributed by atoms with E-state index in [0.29, 0.717) is 37.2 Å². The zero-order chi connectivity index (χ0) is 18.1. The Balaban J connectivity index is 1.56. The lowest BCUT2D eigenvalue weighted by atomic mass is 10.00. The quantitative estimate of drug-likeness (QED) is 0.898. The van der Waals surface area contributed by atoms with Gasteiger partial charge < -0.3 is 10.1 Å². The van der Waals surface area contributed by atoms with E-state index in [9.17, 15) is 13.2 Å². The summed E-state index contributed by atoms with van der Waals surface area (Å²) >= 11 is 0. The molecule has 26 heavy (non-hydrogen) atoms. The Morgan fingerprint density at radius 1 is 1.15 bits per heavy atom. The number of sulfonamides is 1. The SMILES string of the molecule is O=C(NC1CCOc2ccccc21)c1cccc(N2CCCS2(=O)=O)c1. The summed E-state index contributed by atoms with van der Waals surface area (Å²) in [6.07, 6.45) is 1.31. The highest BCUT2D eigenvalue weighted by molar-refractivity contribution is 7.93. The van der Waals surface area contributed by atoms with Crippen LogP contribution in [0.1, 0.15) is 34.8 Å². The molecule has 0 aliphatic carbocycles. The van der Waals surface area contributed by atoms with Crippen molar-refractivity contribution in [1.29, 1.82) is 0 Å². The van der Waals surface area contributed by atoms with Gasteiger partial charge in [0.15, 0.2) is 0 Å². The molecule has 0 bridgehead atoms. The average Bonchev–Trinajstić information content (AvgIpc) is 3.01. The normalized spacial score (nSPS) is 20.9. The fraction of sp³-hybridized carbons (Fsp3) is 0.316. The van der Waals surface area contributed by atoms with Crippen molar-refractivity contribution in [3.05, 3.63) is 59.7 Å². The van der Waals surface area contributed by atoms with Crippen molar-refractivity contribution in [2.75, 3.05) is 23.2 Å². The van der Waals surface area contributed by atoms with Crippen LogP contribution >= 0.6 is 0 Å². The van der Waals surface area contributed by atoms with Gasteiger partial charge in [-0.2, -0.15) is 0 Å². The molecule has 6 nitrogen and oxygen atoms in total. The highest BCUT2D eigenvalue weighted by Gasteiger charge is 2.29. The van der Waals surface area contributed by atoms with Gasteiger partial charge in [-0.1, -0.05) is 24.3 Å². The van der Waals surface area contributed by atoms with E-state index < -0.39 is 10.0 Å². The second kappa shape index (κ2) is 6.64. The predicted molar refractivity (Wildman–Crippen MR) is 99.0 cm³/mol. The summed E-state index contributed by atoms with van der Waals surface area (Å²) in [5.74, 6) is 0.730. The molecule has 2 heterocycles. The third-order valence-electron chi connectivity index (χ3n) is 4.76. The molecule has 1 amide bonds. The Labute approximate surface area is 152 Å². The average molecular weight is 372 g/mol. The van der Waals surface area contributed by atoms with E-state index in [0.717, 1.165) is 11.3 Å². The van der Waals surface area contributed by atoms with E-state index in [1.54, 1.807) is 24.3 Å². The van der Waals surface area contributed by atoms with Gasteiger partial charge in [0.05, 0.1) is 24.1 Å². The van der Waals surface area contributed by atoms with Gasteiger partial charge in [0.25, 0.3) is 5.91 Å². The van der Waals surface area contributed by atoms with Gasteiger partial charge >= 0.3 is 0 Å². The number of anilines is 1. The van der Waals surface area contributed by atoms with Crippen molar-refractivity contribution >= 4 is 21.6 Å². The molecule has 0 radical (unpaired) electrons. The number of hydrogen-bond donors (Lipinski definition) is 1. The maximum Gasteiger partial charge on any atom is 0.251 e. The summed E-state index contributed by atoms with van der Waals surface area (Å²) in [4.78, 5) is 12.7. The number of amides is 1. The lowest BCUT2D eigenvalue weighted by Crippen LogP contribution is -2.32. The standard InChI is InChI=1S/C19H20N2O4S/c22-19(20-17-9-11-25-18-8-2-1-7-16(17)18)14-5-3-6-15(13-14)21-10-4-12-26(21,23)24/h1-3,5-8,13,17H,4,9-12H2,(H,20,22). The van der Waals surface area contributed by atoms with Crippen molar-refractivity contribution in [2.45, 2.75) is 18.9 Å². The Kier molecular flexibility index (Phi) is 4.32. The molecule has 136 valence electrons. The van der Waals surface area contributed by atoms with Crippen LogP contribution in [-0.4, -0.2) is 33.2 Å². The van der Waals surface area contributed by atoms with E-state index in [2.05, 4.69) is 5.32 Å². The van der Waals surface area contributed by atoms with E-state index in [1.807, 2.05) is 24.3 Å². The fourth-order valence-electron chi connectivity index (χ4n) is 3.47. The van der Waals surface area contributed by atoms with Gasteiger partial charge in [0.2, 0.25) is 10.0 Å². The summed E-state index contributed by atoms with van der Waals surface area (Å²) in [7, 11) is -3.26. The minimum Gasteiger partial charge on any atom is -0.493 e. The summed E-state index contributed by atoms with van der Waals surface area (Å²) < 4.78 is 31.2. The molecule has 1 fully saturated rings. The van der Waals surface area contributed by atoms with E-state index in [4.69, 9.17) is 4.74 Å². The van der Waals surface area contributed by atoms with E-state index in [1.165, 1.54) is 4.31 Å². The molecule has 1 saturated heterocycles. The molecule has 1 N–H and O–H groups in total. The minimum atomic E-state index is -3.26. The minimum absolute atomic E-state index is 0.119. The smallest absolute Gasteiger partial charge is 0.251 e. The number of fused-ring (bicyclic) bond motifs is 1. The topological polar surface area (TPSA) is 75.7 Å². The van der Waals surface area contributed by atoms with Crippen LogP contribution in [0, 0.1) is 0 Å². The van der Waals surface area contributed by atoms with Crippen LogP contribution in [0.4, 0.5) is 5.69 Å². The van der Waals surface area contributed by atoms with Crippen LogP contribution in [0.2, 0.25) is 0 Å². The van der Waals surface area contributed by atoms with E-state index >= 15 is 0 Å². The number of benzene rings is 2. The van der Waals surface area contributed by atoms with Gasteiger partial charge in [0.1, 0.15) is 5.75 Å². The highest BCUT2D eigenvalue weighted by atomic mass is 32.2. The first-order valence-electron chi connectivity index (χ1n) is 8.68. The number of carbonyl (C=O) groups is 1. The van der Waals surface area contributed by atoms with Gasteiger partial charge in [0, 0.05) is 24.1 Å². The molecule has 2 aromatic carbocycles. The molecule has 7 heteroatoms. The first-order chi connectivity index (χ1) is 12.5. The molecule has 1 unspecified atom stereocenters. The van der Waals surface area contributed by atoms with Crippen LogP contribution in [0.5, 0.6) is 5.75 Å². The monoisotopic (exact) mass is 372 g/mol. The Morgan fingerprint density at radius 3 is 2.81 bits per heavy atom. The molecular formula is C19H20N2O4S. The summed E-state index contributed by atoms with van der Waals surface area (Å²) in [6.45, 7) is 1.01. The molecule has 0 spiro atoms. The fourth-order valence-corrected chi connectivity index (χ4v) is 5.02. The number of para-hydroxylation sites is 1. The number of nitrogens with one attached hydrogen (secondary N) is 1. The number of carbonyl (C=O) groups excluding carboxylic acids is 1. The first kappa shape index (κ1) is 16.9.